The zero-order chi connectivity index (χ0) is 12.8. The highest BCUT2D eigenvalue weighted by atomic mass is 35.5. The quantitative estimate of drug-likeness (QED) is 0.821. The normalized spacial score (nSPS) is 11.6. The van der Waals surface area contributed by atoms with Crippen molar-refractivity contribution in [1.29, 1.82) is 0 Å². The Bertz CT molecular complexity index is 433. The first-order chi connectivity index (χ1) is 8.10. The topological polar surface area (TPSA) is 29.1 Å². The number of nitrogens with one attached hydrogen (secondary N) is 1. The Morgan fingerprint density at radius 2 is 2.35 bits per heavy atom. The van der Waals surface area contributed by atoms with Gasteiger partial charge in [0.15, 0.2) is 0 Å². The predicted octanol–water partition coefficient (Wildman–Crippen LogP) is 3.01. The molecule has 1 aromatic carbocycles. The van der Waals surface area contributed by atoms with Crippen molar-refractivity contribution in [1.82, 2.24) is 5.32 Å². The zero-order valence-electron chi connectivity index (χ0n) is 9.47. The number of carbonyl (C=O) groups is 1. The van der Waals surface area contributed by atoms with Crippen LogP contribution in [0.1, 0.15) is 30.1 Å². The van der Waals surface area contributed by atoms with E-state index >= 15 is 0 Å². The van der Waals surface area contributed by atoms with Crippen LogP contribution in [0.4, 0.5) is 4.39 Å². The van der Waals surface area contributed by atoms with Crippen molar-refractivity contribution in [2.45, 2.75) is 25.8 Å². The van der Waals surface area contributed by atoms with E-state index in [9.17, 15) is 9.18 Å². The molecule has 1 aromatic rings. The molecule has 17 heavy (non-hydrogen) atoms. The summed E-state index contributed by atoms with van der Waals surface area (Å²) in [6.07, 6.45) is 6.75. The summed E-state index contributed by atoms with van der Waals surface area (Å²) in [5.41, 5.74) is -0.162. The minimum absolute atomic E-state index is 0.0785. The van der Waals surface area contributed by atoms with Gasteiger partial charge in [-0.15, -0.1) is 6.42 Å². The monoisotopic (exact) mass is 253 g/mol. The molecule has 0 spiro atoms. The first-order valence-electron chi connectivity index (χ1n) is 5.31. The lowest BCUT2D eigenvalue weighted by Crippen LogP contribution is -2.34. The molecule has 1 N–H and O–H groups in total. The Balaban J connectivity index is 2.87. The molecule has 0 bridgehead atoms. The third-order valence-corrected chi connectivity index (χ3v) is 2.59. The summed E-state index contributed by atoms with van der Waals surface area (Å²) in [6, 6.07) is 3.69. The molecule has 1 unspecified atom stereocenters. The standard InChI is InChI=1S/C13H13ClFNO/c1-3-6-9(4-2)16-13(17)12-10(14)7-5-8-11(12)15/h2,5,7-9H,3,6H2,1H3,(H,16,17). The van der Waals surface area contributed by atoms with Crippen molar-refractivity contribution in [2.75, 3.05) is 0 Å². The van der Waals surface area contributed by atoms with Crippen molar-refractivity contribution >= 4 is 17.5 Å². The summed E-state index contributed by atoms with van der Waals surface area (Å²) in [4.78, 5) is 11.8. The molecule has 0 fully saturated rings. The van der Waals surface area contributed by atoms with Gasteiger partial charge in [-0.05, 0) is 18.6 Å². The molecule has 1 atom stereocenters. The fourth-order valence-corrected chi connectivity index (χ4v) is 1.68. The number of halogens is 2. The second kappa shape index (κ2) is 6.27. The average Bonchev–Trinajstić information content (AvgIpc) is 2.28. The van der Waals surface area contributed by atoms with E-state index in [1.54, 1.807) is 0 Å². The number of hydrogen-bond acceptors (Lipinski definition) is 1. The van der Waals surface area contributed by atoms with Gasteiger partial charge in [-0.2, -0.15) is 0 Å². The Labute approximate surface area is 105 Å². The minimum atomic E-state index is -0.651. The second-order valence-electron chi connectivity index (χ2n) is 3.58. The number of terminal acetylenes is 1. The van der Waals surface area contributed by atoms with E-state index in [0.717, 1.165) is 6.42 Å². The highest BCUT2D eigenvalue weighted by Crippen LogP contribution is 2.18. The van der Waals surface area contributed by atoms with Crippen LogP contribution in [-0.4, -0.2) is 11.9 Å². The summed E-state index contributed by atoms with van der Waals surface area (Å²) in [5, 5.41) is 2.64. The maximum atomic E-state index is 13.4. The number of hydrogen-bond donors (Lipinski definition) is 1. The van der Waals surface area contributed by atoms with Crippen LogP contribution < -0.4 is 5.32 Å². The summed E-state index contributed by atoms with van der Waals surface area (Å²) in [6.45, 7) is 1.95. The largest absolute Gasteiger partial charge is 0.338 e. The summed E-state index contributed by atoms with van der Waals surface area (Å²) in [7, 11) is 0. The van der Waals surface area contributed by atoms with Crippen LogP contribution in [-0.2, 0) is 0 Å². The molecule has 2 nitrogen and oxygen atoms in total. The van der Waals surface area contributed by atoms with E-state index in [0.29, 0.717) is 6.42 Å². The van der Waals surface area contributed by atoms with E-state index in [1.807, 2.05) is 6.92 Å². The van der Waals surface area contributed by atoms with Crippen LogP contribution in [0.2, 0.25) is 5.02 Å². The van der Waals surface area contributed by atoms with Crippen LogP contribution in [0.25, 0.3) is 0 Å². The molecular formula is C13H13ClFNO. The first-order valence-corrected chi connectivity index (χ1v) is 5.69. The molecular weight excluding hydrogens is 241 g/mol. The summed E-state index contributed by atoms with van der Waals surface area (Å²) >= 11 is 5.78. The molecule has 1 amide bonds. The maximum Gasteiger partial charge on any atom is 0.256 e. The van der Waals surface area contributed by atoms with E-state index in [-0.39, 0.29) is 10.6 Å². The minimum Gasteiger partial charge on any atom is -0.338 e. The van der Waals surface area contributed by atoms with E-state index < -0.39 is 17.8 Å². The molecule has 0 saturated carbocycles. The summed E-state index contributed by atoms with van der Waals surface area (Å²) in [5.74, 6) is 1.22. The molecule has 4 heteroatoms. The molecule has 0 saturated heterocycles. The van der Waals surface area contributed by atoms with E-state index in [1.165, 1.54) is 18.2 Å². The molecule has 0 aromatic heterocycles. The molecule has 0 heterocycles. The van der Waals surface area contributed by atoms with Crippen LogP contribution in [0.3, 0.4) is 0 Å². The van der Waals surface area contributed by atoms with Gasteiger partial charge in [0.25, 0.3) is 5.91 Å². The maximum absolute atomic E-state index is 13.4. The van der Waals surface area contributed by atoms with Gasteiger partial charge in [-0.25, -0.2) is 4.39 Å². The van der Waals surface area contributed by atoms with E-state index in [2.05, 4.69) is 11.2 Å². The van der Waals surface area contributed by atoms with Gasteiger partial charge >= 0.3 is 0 Å². The SMILES string of the molecule is C#CC(CCC)NC(=O)c1c(F)cccc1Cl. The Hall–Kier alpha value is -1.53. The number of rotatable bonds is 4. The lowest BCUT2D eigenvalue weighted by molar-refractivity contribution is 0.0940. The van der Waals surface area contributed by atoms with Crippen molar-refractivity contribution in [3.63, 3.8) is 0 Å². The molecule has 0 aliphatic carbocycles. The molecule has 0 aliphatic rings. The fourth-order valence-electron chi connectivity index (χ4n) is 1.43. The van der Waals surface area contributed by atoms with Gasteiger partial charge < -0.3 is 5.32 Å². The Morgan fingerprint density at radius 3 is 2.88 bits per heavy atom. The first kappa shape index (κ1) is 13.5. The van der Waals surface area contributed by atoms with Gasteiger partial charge in [-0.1, -0.05) is 36.9 Å². The summed E-state index contributed by atoms with van der Waals surface area (Å²) < 4.78 is 13.4. The third kappa shape index (κ3) is 3.47. The Morgan fingerprint density at radius 1 is 1.65 bits per heavy atom. The fraction of sp³-hybridized carbons (Fsp3) is 0.308. The average molecular weight is 254 g/mol. The van der Waals surface area contributed by atoms with Crippen molar-refractivity contribution in [2.24, 2.45) is 0 Å². The smallest absolute Gasteiger partial charge is 0.256 e. The van der Waals surface area contributed by atoms with Crippen molar-refractivity contribution in [3.05, 3.63) is 34.6 Å². The van der Waals surface area contributed by atoms with Gasteiger partial charge in [0.2, 0.25) is 0 Å². The van der Waals surface area contributed by atoms with E-state index in [4.69, 9.17) is 18.0 Å². The lowest BCUT2D eigenvalue weighted by atomic mass is 10.1. The predicted molar refractivity (Wildman–Crippen MR) is 66.4 cm³/mol. The molecule has 0 radical (unpaired) electrons. The van der Waals surface area contributed by atoms with Crippen LogP contribution in [0.5, 0.6) is 0 Å². The van der Waals surface area contributed by atoms with Gasteiger partial charge in [-0.3, -0.25) is 4.79 Å². The van der Waals surface area contributed by atoms with Crippen LogP contribution in [0, 0.1) is 18.2 Å². The van der Waals surface area contributed by atoms with Gasteiger partial charge in [0.05, 0.1) is 16.6 Å². The number of carbonyl (C=O) groups excluding carboxylic acids is 1. The van der Waals surface area contributed by atoms with Crippen LogP contribution in [0.15, 0.2) is 18.2 Å². The number of amides is 1. The van der Waals surface area contributed by atoms with Crippen molar-refractivity contribution in [3.8, 4) is 12.3 Å². The molecule has 90 valence electrons. The highest BCUT2D eigenvalue weighted by Gasteiger charge is 2.17. The third-order valence-electron chi connectivity index (χ3n) is 2.27. The van der Waals surface area contributed by atoms with Crippen molar-refractivity contribution < 1.29 is 9.18 Å². The molecule has 1 rings (SSSR count). The number of benzene rings is 1. The van der Waals surface area contributed by atoms with Crippen LogP contribution >= 0.6 is 11.6 Å². The zero-order valence-corrected chi connectivity index (χ0v) is 10.2. The highest BCUT2D eigenvalue weighted by molar-refractivity contribution is 6.33. The second-order valence-corrected chi connectivity index (χ2v) is 3.99. The van der Waals surface area contributed by atoms with Gasteiger partial charge in [0.1, 0.15) is 5.82 Å². The lowest BCUT2D eigenvalue weighted by Gasteiger charge is -2.13. The molecule has 0 aliphatic heterocycles. The Kier molecular flexibility index (Phi) is 4.99. The van der Waals surface area contributed by atoms with Gasteiger partial charge in [0, 0.05) is 0 Å².